The van der Waals surface area contributed by atoms with Crippen LogP contribution >= 0.6 is 11.6 Å². The summed E-state index contributed by atoms with van der Waals surface area (Å²) in [6.45, 7) is 5.05. The summed E-state index contributed by atoms with van der Waals surface area (Å²) in [4.78, 5) is 23.0. The number of piperidine rings is 1. The molecule has 1 atom stereocenters. The van der Waals surface area contributed by atoms with Gasteiger partial charge in [-0.25, -0.2) is 14.4 Å². The summed E-state index contributed by atoms with van der Waals surface area (Å²) >= 11 is 5.80. The highest BCUT2D eigenvalue weighted by atomic mass is 35.5. The highest BCUT2D eigenvalue weighted by molar-refractivity contribution is 6.30. The molecule has 0 spiro atoms. The molecule has 3 rings (SSSR count). The molecule has 0 bridgehead atoms. The number of carbonyl (C=O) groups excluding carboxylic acids is 1. The average molecular weight is 392 g/mol. The number of nitrogens with zero attached hydrogens (tertiary/aromatic N) is 3. The molecule has 7 heteroatoms. The topological polar surface area (TPSA) is 55.3 Å². The Morgan fingerprint density at radius 2 is 2.04 bits per heavy atom. The lowest BCUT2D eigenvalue weighted by Crippen LogP contribution is -2.44. The minimum Gasteiger partial charge on any atom is -0.458 e. The van der Waals surface area contributed by atoms with E-state index < -0.39 is 5.82 Å². The number of carbonyl (C=O) groups is 1. The Balaban J connectivity index is 1.55. The van der Waals surface area contributed by atoms with Crippen LogP contribution in [0.2, 0.25) is 5.02 Å². The summed E-state index contributed by atoms with van der Waals surface area (Å²) in [7, 11) is 0. The Morgan fingerprint density at radius 1 is 1.30 bits per heavy atom. The van der Waals surface area contributed by atoms with E-state index in [9.17, 15) is 9.18 Å². The second kappa shape index (κ2) is 8.65. The van der Waals surface area contributed by atoms with Crippen molar-refractivity contribution in [2.24, 2.45) is 0 Å². The maximum Gasteiger partial charge on any atom is 0.317 e. The van der Waals surface area contributed by atoms with Crippen LogP contribution < -0.4 is 4.74 Å². The van der Waals surface area contributed by atoms with E-state index in [4.69, 9.17) is 16.3 Å². The van der Waals surface area contributed by atoms with Gasteiger partial charge in [-0.05, 0) is 56.9 Å². The van der Waals surface area contributed by atoms with E-state index in [2.05, 4.69) is 9.97 Å². The van der Waals surface area contributed by atoms with Crippen molar-refractivity contribution in [3.05, 3.63) is 52.1 Å². The van der Waals surface area contributed by atoms with Gasteiger partial charge < -0.3 is 9.64 Å². The Morgan fingerprint density at radius 3 is 2.74 bits per heavy atom. The van der Waals surface area contributed by atoms with Crippen LogP contribution in [0.25, 0.3) is 0 Å². The summed E-state index contributed by atoms with van der Waals surface area (Å²) in [5, 5.41) is 0.0832. The van der Waals surface area contributed by atoms with Gasteiger partial charge in [0, 0.05) is 24.4 Å². The molecular formula is C20H23ClFN3O2. The summed E-state index contributed by atoms with van der Waals surface area (Å²) in [5.74, 6) is -0.388. The van der Waals surface area contributed by atoms with Gasteiger partial charge in [-0.2, -0.15) is 0 Å². The molecule has 0 N–H and O–H groups in total. The number of hydrogen-bond acceptors (Lipinski definition) is 4. The number of aryl methyl sites for hydroxylation is 3. The van der Waals surface area contributed by atoms with Crippen molar-refractivity contribution in [1.29, 1.82) is 0 Å². The molecule has 1 amide bonds. The van der Waals surface area contributed by atoms with Crippen molar-refractivity contribution in [2.45, 2.75) is 45.6 Å². The fourth-order valence-electron chi connectivity index (χ4n) is 3.26. The van der Waals surface area contributed by atoms with Crippen molar-refractivity contribution < 1.29 is 13.9 Å². The molecule has 1 unspecified atom stereocenters. The fraction of sp³-hybridized carbons (Fsp3) is 0.450. The van der Waals surface area contributed by atoms with Gasteiger partial charge in [-0.15, -0.1) is 0 Å². The first kappa shape index (κ1) is 19.5. The van der Waals surface area contributed by atoms with Crippen LogP contribution in [0.4, 0.5) is 4.39 Å². The van der Waals surface area contributed by atoms with E-state index in [-0.39, 0.29) is 17.0 Å². The molecule has 1 fully saturated rings. The predicted octanol–water partition coefficient (Wildman–Crippen LogP) is 3.89. The van der Waals surface area contributed by atoms with E-state index in [0.29, 0.717) is 25.4 Å². The molecule has 1 aliphatic heterocycles. The van der Waals surface area contributed by atoms with Gasteiger partial charge in [0.15, 0.2) is 0 Å². The molecule has 1 aromatic heterocycles. The Bertz CT molecular complexity index is 811. The van der Waals surface area contributed by atoms with Gasteiger partial charge >= 0.3 is 6.01 Å². The average Bonchev–Trinajstić information content (AvgIpc) is 2.62. The van der Waals surface area contributed by atoms with Crippen LogP contribution in [-0.4, -0.2) is 40.0 Å². The van der Waals surface area contributed by atoms with Gasteiger partial charge in [0.25, 0.3) is 0 Å². The summed E-state index contributed by atoms with van der Waals surface area (Å²) in [6, 6.07) is 6.83. The molecule has 1 saturated heterocycles. The van der Waals surface area contributed by atoms with Crippen LogP contribution in [0.1, 0.15) is 36.2 Å². The first-order valence-electron chi connectivity index (χ1n) is 9.11. The molecule has 1 aliphatic rings. The van der Waals surface area contributed by atoms with Crippen molar-refractivity contribution in [3.8, 4) is 6.01 Å². The Kier molecular flexibility index (Phi) is 6.26. The third-order valence-corrected chi connectivity index (χ3v) is 4.87. The number of benzene rings is 1. The molecule has 144 valence electrons. The number of halogens is 2. The van der Waals surface area contributed by atoms with Crippen LogP contribution in [0.3, 0.4) is 0 Å². The Hall–Kier alpha value is -2.21. The number of likely N-dealkylation sites (tertiary alicyclic amines) is 1. The van der Waals surface area contributed by atoms with Gasteiger partial charge in [0.2, 0.25) is 5.91 Å². The SMILES string of the molecule is Cc1cc(C)nc(OC2CCCN(C(=O)CCc3ccc(F)c(Cl)c3)C2)n1. The first-order valence-corrected chi connectivity index (χ1v) is 9.49. The first-order chi connectivity index (χ1) is 12.9. The molecule has 5 nitrogen and oxygen atoms in total. The minimum atomic E-state index is -0.448. The summed E-state index contributed by atoms with van der Waals surface area (Å²) in [6.07, 6.45) is 2.52. The van der Waals surface area contributed by atoms with Crippen molar-refractivity contribution in [1.82, 2.24) is 14.9 Å². The zero-order valence-electron chi connectivity index (χ0n) is 15.5. The number of hydrogen-bond donors (Lipinski definition) is 0. The minimum absolute atomic E-state index is 0.0603. The predicted molar refractivity (Wildman–Crippen MR) is 101 cm³/mol. The third-order valence-electron chi connectivity index (χ3n) is 4.58. The highest BCUT2D eigenvalue weighted by Gasteiger charge is 2.25. The lowest BCUT2D eigenvalue weighted by molar-refractivity contribution is -0.133. The highest BCUT2D eigenvalue weighted by Crippen LogP contribution is 2.19. The monoisotopic (exact) mass is 391 g/mol. The summed E-state index contributed by atoms with van der Waals surface area (Å²) in [5.41, 5.74) is 2.57. The zero-order chi connectivity index (χ0) is 19.4. The van der Waals surface area contributed by atoms with Gasteiger partial charge in [-0.3, -0.25) is 4.79 Å². The van der Waals surface area contributed by atoms with E-state index in [1.54, 1.807) is 12.1 Å². The quantitative estimate of drug-likeness (QED) is 0.775. The van der Waals surface area contributed by atoms with E-state index in [0.717, 1.165) is 36.3 Å². The van der Waals surface area contributed by atoms with Crippen molar-refractivity contribution in [2.75, 3.05) is 13.1 Å². The van der Waals surface area contributed by atoms with Gasteiger partial charge in [0.1, 0.15) is 11.9 Å². The molecule has 27 heavy (non-hydrogen) atoms. The summed E-state index contributed by atoms with van der Waals surface area (Å²) < 4.78 is 19.1. The number of ether oxygens (including phenoxy) is 1. The lowest BCUT2D eigenvalue weighted by atomic mass is 10.1. The van der Waals surface area contributed by atoms with Crippen LogP contribution in [0, 0.1) is 19.7 Å². The van der Waals surface area contributed by atoms with Crippen molar-refractivity contribution >= 4 is 17.5 Å². The molecule has 0 radical (unpaired) electrons. The molecule has 0 aliphatic carbocycles. The number of aromatic nitrogens is 2. The van der Waals surface area contributed by atoms with Crippen LogP contribution in [0.5, 0.6) is 6.01 Å². The largest absolute Gasteiger partial charge is 0.458 e. The van der Waals surface area contributed by atoms with Crippen molar-refractivity contribution in [3.63, 3.8) is 0 Å². The molecule has 0 saturated carbocycles. The number of rotatable bonds is 5. The number of amides is 1. The van der Waals surface area contributed by atoms with E-state index >= 15 is 0 Å². The van der Waals surface area contributed by atoms with Crippen LogP contribution in [0.15, 0.2) is 24.3 Å². The third kappa shape index (κ3) is 5.39. The maximum atomic E-state index is 13.2. The maximum absolute atomic E-state index is 13.2. The van der Waals surface area contributed by atoms with E-state index in [1.807, 2.05) is 24.8 Å². The normalized spacial score (nSPS) is 17.0. The van der Waals surface area contributed by atoms with Gasteiger partial charge in [-0.1, -0.05) is 17.7 Å². The Labute approximate surface area is 163 Å². The fourth-order valence-corrected chi connectivity index (χ4v) is 3.46. The van der Waals surface area contributed by atoms with Crippen LogP contribution in [-0.2, 0) is 11.2 Å². The smallest absolute Gasteiger partial charge is 0.317 e. The van der Waals surface area contributed by atoms with E-state index in [1.165, 1.54) is 6.07 Å². The standard InChI is InChI=1S/C20H23ClFN3O2/c1-13-10-14(2)24-20(23-13)27-16-4-3-9-25(12-16)19(26)8-6-15-5-7-18(22)17(21)11-15/h5,7,10-11,16H,3-4,6,8-9,12H2,1-2H3. The lowest BCUT2D eigenvalue weighted by Gasteiger charge is -2.32. The van der Waals surface area contributed by atoms with Gasteiger partial charge in [0.05, 0.1) is 11.6 Å². The second-order valence-corrected chi connectivity index (χ2v) is 7.31. The molecule has 2 aromatic rings. The molecule has 2 heterocycles. The molecular weight excluding hydrogens is 369 g/mol. The molecule has 1 aromatic carbocycles. The zero-order valence-corrected chi connectivity index (χ0v) is 16.3. The second-order valence-electron chi connectivity index (χ2n) is 6.90.